The van der Waals surface area contributed by atoms with Crippen LogP contribution in [-0.2, 0) is 0 Å². The summed E-state index contributed by atoms with van der Waals surface area (Å²) < 4.78 is 13.1. The highest BCUT2D eigenvalue weighted by molar-refractivity contribution is 5.94. The van der Waals surface area contributed by atoms with Crippen LogP contribution in [0, 0.1) is 12.7 Å². The summed E-state index contributed by atoms with van der Waals surface area (Å²) in [5, 5.41) is 4.37. The number of rotatable bonds is 2. The fourth-order valence-electron chi connectivity index (χ4n) is 2.19. The molecule has 0 saturated carbocycles. The fraction of sp³-hybridized carbons (Fsp3) is 0.0667. The van der Waals surface area contributed by atoms with Crippen molar-refractivity contribution in [2.24, 2.45) is 0 Å². The topological polar surface area (TPSA) is 53.8 Å². The first-order valence-corrected chi connectivity index (χ1v) is 6.03. The second-order valence-corrected chi connectivity index (χ2v) is 4.61. The Hall–Kier alpha value is -2.49. The molecule has 0 spiro atoms. The third-order valence-corrected chi connectivity index (χ3v) is 3.09. The van der Waals surface area contributed by atoms with E-state index in [0.717, 1.165) is 27.8 Å². The second kappa shape index (κ2) is 4.31. The van der Waals surface area contributed by atoms with Crippen molar-refractivity contribution in [2.75, 3.05) is 11.1 Å². The Morgan fingerprint density at radius 1 is 1.16 bits per heavy atom. The number of anilines is 3. The van der Waals surface area contributed by atoms with Crippen molar-refractivity contribution >= 4 is 28.0 Å². The lowest BCUT2D eigenvalue weighted by atomic mass is 10.1. The average Bonchev–Trinajstić information content (AvgIpc) is 2.82. The molecule has 0 aliphatic heterocycles. The first-order valence-electron chi connectivity index (χ1n) is 6.03. The van der Waals surface area contributed by atoms with Crippen molar-refractivity contribution in [1.29, 1.82) is 0 Å². The molecule has 2 aromatic carbocycles. The molecule has 1 heterocycles. The number of aromatic amines is 1. The van der Waals surface area contributed by atoms with Crippen LogP contribution in [0.25, 0.3) is 10.9 Å². The maximum Gasteiger partial charge on any atom is 0.146 e. The highest BCUT2D eigenvalue weighted by atomic mass is 19.1. The Labute approximate surface area is 110 Å². The molecule has 3 rings (SSSR count). The zero-order chi connectivity index (χ0) is 13.4. The Morgan fingerprint density at radius 3 is 2.79 bits per heavy atom. The van der Waals surface area contributed by atoms with E-state index >= 15 is 0 Å². The molecule has 0 unspecified atom stereocenters. The Bertz CT molecular complexity index is 746. The van der Waals surface area contributed by atoms with Gasteiger partial charge in [0.1, 0.15) is 5.82 Å². The molecule has 19 heavy (non-hydrogen) atoms. The SMILES string of the molecule is Cc1cc(Nc2ccc(F)c(N)c2)c2cc[nH]c2c1. The van der Waals surface area contributed by atoms with Crippen molar-refractivity contribution in [2.45, 2.75) is 6.92 Å². The molecule has 3 nitrogen and oxygen atoms in total. The Kier molecular flexibility index (Phi) is 2.63. The largest absolute Gasteiger partial charge is 0.396 e. The van der Waals surface area contributed by atoms with E-state index in [1.807, 2.05) is 19.2 Å². The van der Waals surface area contributed by atoms with E-state index in [4.69, 9.17) is 5.73 Å². The minimum atomic E-state index is -0.401. The highest BCUT2D eigenvalue weighted by Crippen LogP contribution is 2.28. The average molecular weight is 255 g/mol. The van der Waals surface area contributed by atoms with E-state index in [9.17, 15) is 4.39 Å². The van der Waals surface area contributed by atoms with Gasteiger partial charge in [-0.15, -0.1) is 0 Å². The van der Waals surface area contributed by atoms with Crippen LogP contribution in [0.5, 0.6) is 0 Å². The van der Waals surface area contributed by atoms with Crippen LogP contribution in [0.3, 0.4) is 0 Å². The number of hydrogen-bond donors (Lipinski definition) is 3. The third kappa shape index (κ3) is 2.12. The molecule has 0 radical (unpaired) electrons. The molecule has 0 atom stereocenters. The smallest absolute Gasteiger partial charge is 0.146 e. The number of benzene rings is 2. The first kappa shape index (κ1) is 11.6. The third-order valence-electron chi connectivity index (χ3n) is 3.09. The number of aromatic nitrogens is 1. The predicted molar refractivity (Wildman–Crippen MR) is 77.1 cm³/mol. The lowest BCUT2D eigenvalue weighted by Gasteiger charge is -2.10. The van der Waals surface area contributed by atoms with Gasteiger partial charge < -0.3 is 16.0 Å². The number of aryl methyl sites for hydroxylation is 1. The summed E-state index contributed by atoms with van der Waals surface area (Å²) in [6.07, 6.45) is 1.90. The molecule has 0 aliphatic rings. The molecule has 3 aromatic rings. The zero-order valence-electron chi connectivity index (χ0n) is 10.5. The number of fused-ring (bicyclic) bond motifs is 1. The summed E-state index contributed by atoms with van der Waals surface area (Å²) in [4.78, 5) is 3.18. The van der Waals surface area contributed by atoms with Crippen molar-refractivity contribution < 1.29 is 4.39 Å². The van der Waals surface area contributed by atoms with Gasteiger partial charge in [0.2, 0.25) is 0 Å². The molecule has 0 aliphatic carbocycles. The van der Waals surface area contributed by atoms with Gasteiger partial charge in [-0.3, -0.25) is 0 Å². The summed E-state index contributed by atoms with van der Waals surface area (Å²) in [5.74, 6) is -0.401. The van der Waals surface area contributed by atoms with Crippen molar-refractivity contribution in [3.05, 3.63) is 54.0 Å². The van der Waals surface area contributed by atoms with Gasteiger partial charge in [-0.2, -0.15) is 0 Å². The van der Waals surface area contributed by atoms with E-state index < -0.39 is 5.82 Å². The van der Waals surface area contributed by atoms with Gasteiger partial charge in [0, 0.05) is 28.5 Å². The minimum absolute atomic E-state index is 0.142. The molecule has 0 fully saturated rings. The highest BCUT2D eigenvalue weighted by Gasteiger charge is 2.05. The molecule has 4 N–H and O–H groups in total. The summed E-state index contributed by atoms with van der Waals surface area (Å²) in [5.41, 5.74) is 9.68. The van der Waals surface area contributed by atoms with Gasteiger partial charge in [-0.05, 0) is 48.9 Å². The van der Waals surface area contributed by atoms with Crippen LogP contribution in [0.1, 0.15) is 5.56 Å². The van der Waals surface area contributed by atoms with Crippen LogP contribution in [0.15, 0.2) is 42.6 Å². The van der Waals surface area contributed by atoms with Crippen LogP contribution in [0.4, 0.5) is 21.5 Å². The maximum absolute atomic E-state index is 13.1. The molecular weight excluding hydrogens is 241 g/mol. The number of nitrogens with two attached hydrogens (primary N) is 1. The number of H-pyrrole nitrogens is 1. The summed E-state index contributed by atoms with van der Waals surface area (Å²) in [6.45, 7) is 2.03. The molecule has 1 aromatic heterocycles. The van der Waals surface area contributed by atoms with Gasteiger partial charge in [-0.1, -0.05) is 0 Å². The van der Waals surface area contributed by atoms with Gasteiger partial charge >= 0.3 is 0 Å². The Morgan fingerprint density at radius 2 is 2.00 bits per heavy atom. The molecule has 0 bridgehead atoms. The van der Waals surface area contributed by atoms with Gasteiger partial charge in [0.25, 0.3) is 0 Å². The van der Waals surface area contributed by atoms with Crippen molar-refractivity contribution in [3.63, 3.8) is 0 Å². The molecule has 96 valence electrons. The Balaban J connectivity index is 2.04. The summed E-state index contributed by atoms with van der Waals surface area (Å²) in [7, 11) is 0. The van der Waals surface area contributed by atoms with Crippen molar-refractivity contribution in [3.8, 4) is 0 Å². The van der Waals surface area contributed by atoms with Crippen LogP contribution < -0.4 is 11.1 Å². The van der Waals surface area contributed by atoms with E-state index in [1.165, 1.54) is 6.07 Å². The first-order chi connectivity index (χ1) is 9.13. The predicted octanol–water partition coefficient (Wildman–Crippen LogP) is 3.94. The van der Waals surface area contributed by atoms with Crippen LogP contribution >= 0.6 is 0 Å². The number of nitrogen functional groups attached to an aromatic ring is 1. The molecular formula is C15H14FN3. The fourth-order valence-corrected chi connectivity index (χ4v) is 2.19. The van der Waals surface area contributed by atoms with E-state index in [1.54, 1.807) is 12.1 Å². The van der Waals surface area contributed by atoms with Gasteiger partial charge in [0.05, 0.1) is 5.69 Å². The number of nitrogens with one attached hydrogen (secondary N) is 2. The zero-order valence-corrected chi connectivity index (χ0v) is 10.5. The standard InChI is InChI=1S/C15H14FN3/c1-9-6-14-11(4-5-18-14)15(7-9)19-10-2-3-12(16)13(17)8-10/h2-8,18-19H,17H2,1H3. The molecule has 0 saturated heterocycles. The quantitative estimate of drug-likeness (QED) is 0.607. The molecule has 0 amide bonds. The van der Waals surface area contributed by atoms with Crippen molar-refractivity contribution in [1.82, 2.24) is 4.98 Å². The van der Waals surface area contributed by atoms with Crippen LogP contribution in [0.2, 0.25) is 0 Å². The second-order valence-electron chi connectivity index (χ2n) is 4.61. The summed E-state index contributed by atoms with van der Waals surface area (Å²) in [6, 6.07) is 10.8. The lowest BCUT2D eigenvalue weighted by molar-refractivity contribution is 0.633. The summed E-state index contributed by atoms with van der Waals surface area (Å²) >= 11 is 0. The van der Waals surface area contributed by atoms with E-state index in [-0.39, 0.29) is 5.69 Å². The van der Waals surface area contributed by atoms with Gasteiger partial charge in [-0.25, -0.2) is 4.39 Å². The number of halogens is 1. The monoisotopic (exact) mass is 255 g/mol. The van der Waals surface area contributed by atoms with Crippen LogP contribution in [-0.4, -0.2) is 4.98 Å². The molecule has 4 heteroatoms. The lowest BCUT2D eigenvalue weighted by Crippen LogP contribution is -1.95. The maximum atomic E-state index is 13.1. The van der Waals surface area contributed by atoms with E-state index in [2.05, 4.69) is 22.4 Å². The minimum Gasteiger partial charge on any atom is -0.396 e. The van der Waals surface area contributed by atoms with Gasteiger partial charge in [0.15, 0.2) is 0 Å². The van der Waals surface area contributed by atoms with E-state index in [0.29, 0.717) is 0 Å². The number of hydrogen-bond acceptors (Lipinski definition) is 2. The normalized spacial score (nSPS) is 10.8.